The summed E-state index contributed by atoms with van der Waals surface area (Å²) in [6.45, 7) is 6.04. The summed E-state index contributed by atoms with van der Waals surface area (Å²) in [6.07, 6.45) is 1.97. The third-order valence-corrected chi connectivity index (χ3v) is 3.55. The number of carbonyl (C=O) groups excluding carboxylic acids is 1. The zero-order valence-electron chi connectivity index (χ0n) is 12.0. The Hall–Kier alpha value is -1.82. The van der Waals surface area contributed by atoms with Gasteiger partial charge in [0.2, 0.25) is 5.82 Å². The van der Waals surface area contributed by atoms with Gasteiger partial charge in [0.1, 0.15) is 5.82 Å². The molecule has 1 aromatic carbocycles. The van der Waals surface area contributed by atoms with Crippen LogP contribution in [0.4, 0.5) is 5.69 Å². The van der Waals surface area contributed by atoms with Crippen LogP contribution in [0, 0.1) is 0 Å². The van der Waals surface area contributed by atoms with Gasteiger partial charge < -0.3 is 5.32 Å². The Morgan fingerprint density at radius 2 is 2.00 bits per heavy atom. The first kappa shape index (κ1) is 14.6. The Labute approximate surface area is 122 Å². The number of amides is 1. The summed E-state index contributed by atoms with van der Waals surface area (Å²) < 4.78 is 0. The average molecular weight is 290 g/mol. The zero-order valence-corrected chi connectivity index (χ0v) is 12.8. The molecule has 0 fully saturated rings. The molecule has 0 aliphatic carbocycles. The van der Waals surface area contributed by atoms with Crippen LogP contribution in [0.2, 0.25) is 0 Å². The van der Waals surface area contributed by atoms with Gasteiger partial charge in [0.15, 0.2) is 0 Å². The second kappa shape index (κ2) is 5.66. The summed E-state index contributed by atoms with van der Waals surface area (Å²) in [7, 11) is 0. The molecule has 2 rings (SSSR count). The number of H-pyrrole nitrogens is 1. The second-order valence-electron chi connectivity index (χ2n) is 5.41. The molecule has 6 heteroatoms. The lowest BCUT2D eigenvalue weighted by Crippen LogP contribution is -2.16. The number of aromatic amines is 1. The Balaban J connectivity index is 2.18. The molecular weight excluding hydrogens is 272 g/mol. The molecule has 0 unspecified atom stereocenters. The van der Waals surface area contributed by atoms with Gasteiger partial charge in [-0.05, 0) is 18.4 Å². The van der Waals surface area contributed by atoms with Crippen LogP contribution in [0.3, 0.4) is 0 Å². The number of nitrogens with zero attached hydrogens (tertiary/aromatic N) is 2. The predicted octanol–water partition coefficient (Wildman–Crippen LogP) is 3.08. The van der Waals surface area contributed by atoms with Crippen LogP contribution in [0.1, 0.15) is 37.2 Å². The van der Waals surface area contributed by atoms with E-state index in [0.717, 1.165) is 10.6 Å². The highest BCUT2D eigenvalue weighted by Crippen LogP contribution is 2.25. The largest absolute Gasteiger partial charge is 0.318 e. The van der Waals surface area contributed by atoms with Crippen LogP contribution in [0.5, 0.6) is 0 Å². The molecule has 5 nitrogen and oxygen atoms in total. The highest BCUT2D eigenvalue weighted by molar-refractivity contribution is 7.98. The Morgan fingerprint density at radius 3 is 2.60 bits per heavy atom. The molecule has 0 aliphatic heterocycles. The molecule has 106 valence electrons. The maximum atomic E-state index is 12.2. The van der Waals surface area contributed by atoms with E-state index in [-0.39, 0.29) is 17.1 Å². The average Bonchev–Trinajstić information content (AvgIpc) is 2.89. The van der Waals surface area contributed by atoms with Crippen LogP contribution in [0.25, 0.3) is 0 Å². The monoisotopic (exact) mass is 290 g/mol. The molecule has 0 spiro atoms. The van der Waals surface area contributed by atoms with Crippen molar-refractivity contribution in [2.45, 2.75) is 31.1 Å². The third-order valence-electron chi connectivity index (χ3n) is 2.75. The molecule has 0 bridgehead atoms. The number of carbonyl (C=O) groups is 1. The molecule has 1 heterocycles. The maximum absolute atomic E-state index is 12.2. The van der Waals surface area contributed by atoms with E-state index in [2.05, 4.69) is 20.5 Å². The summed E-state index contributed by atoms with van der Waals surface area (Å²) >= 11 is 1.58. The first-order valence-corrected chi connectivity index (χ1v) is 7.51. The number of para-hydroxylation sites is 1. The van der Waals surface area contributed by atoms with Crippen molar-refractivity contribution in [1.82, 2.24) is 15.2 Å². The normalized spacial score (nSPS) is 11.4. The molecule has 2 N–H and O–H groups in total. The fraction of sp³-hybridized carbons (Fsp3) is 0.357. The lowest BCUT2D eigenvalue weighted by Gasteiger charge is -2.12. The smallest absolute Gasteiger partial charge is 0.295 e. The van der Waals surface area contributed by atoms with E-state index < -0.39 is 0 Å². The number of hydrogen-bond acceptors (Lipinski definition) is 4. The first-order valence-electron chi connectivity index (χ1n) is 6.29. The van der Waals surface area contributed by atoms with Gasteiger partial charge in [0, 0.05) is 10.3 Å². The molecule has 1 amide bonds. The summed E-state index contributed by atoms with van der Waals surface area (Å²) in [5.74, 6) is 0.546. The Morgan fingerprint density at radius 1 is 1.30 bits per heavy atom. The Bertz CT molecular complexity index is 616. The van der Waals surface area contributed by atoms with E-state index in [9.17, 15) is 4.79 Å². The van der Waals surface area contributed by atoms with E-state index in [1.807, 2.05) is 51.3 Å². The van der Waals surface area contributed by atoms with Crippen LogP contribution in [-0.2, 0) is 5.41 Å². The predicted molar refractivity (Wildman–Crippen MR) is 81.3 cm³/mol. The fourth-order valence-electron chi connectivity index (χ4n) is 1.62. The summed E-state index contributed by atoms with van der Waals surface area (Å²) in [6, 6.07) is 7.64. The van der Waals surface area contributed by atoms with Crippen LogP contribution < -0.4 is 5.32 Å². The van der Waals surface area contributed by atoms with E-state index in [1.54, 1.807) is 11.8 Å². The molecule has 1 aromatic heterocycles. The topological polar surface area (TPSA) is 70.7 Å². The molecule has 0 aliphatic rings. The van der Waals surface area contributed by atoms with Gasteiger partial charge in [-0.15, -0.1) is 16.9 Å². The molecular formula is C14H18N4OS. The minimum absolute atomic E-state index is 0.158. The molecule has 0 saturated carbocycles. The van der Waals surface area contributed by atoms with Crippen LogP contribution in [0.15, 0.2) is 29.2 Å². The Kier molecular flexibility index (Phi) is 4.13. The van der Waals surface area contributed by atoms with E-state index in [0.29, 0.717) is 5.82 Å². The van der Waals surface area contributed by atoms with Crippen LogP contribution >= 0.6 is 11.8 Å². The number of aromatic nitrogens is 3. The summed E-state index contributed by atoms with van der Waals surface area (Å²) in [4.78, 5) is 17.4. The standard InChI is InChI=1S/C14H18N4OS/c1-14(2,3)13-16-11(17-18-13)12(19)15-9-7-5-6-8-10(9)20-4/h5-8H,1-4H3,(H,15,19)(H,16,17,18). The van der Waals surface area contributed by atoms with Crippen molar-refractivity contribution in [1.29, 1.82) is 0 Å². The molecule has 0 atom stereocenters. The molecule has 20 heavy (non-hydrogen) atoms. The van der Waals surface area contributed by atoms with E-state index in [4.69, 9.17) is 0 Å². The van der Waals surface area contributed by atoms with Gasteiger partial charge in [-0.25, -0.2) is 4.98 Å². The minimum Gasteiger partial charge on any atom is -0.318 e. The van der Waals surface area contributed by atoms with Gasteiger partial charge in [0.25, 0.3) is 5.91 Å². The van der Waals surface area contributed by atoms with E-state index in [1.165, 1.54) is 0 Å². The van der Waals surface area contributed by atoms with Crippen LogP contribution in [-0.4, -0.2) is 27.3 Å². The van der Waals surface area contributed by atoms with Crippen molar-refractivity contribution in [3.63, 3.8) is 0 Å². The minimum atomic E-state index is -0.307. The van der Waals surface area contributed by atoms with Gasteiger partial charge in [-0.3, -0.25) is 9.89 Å². The van der Waals surface area contributed by atoms with Crippen molar-refractivity contribution in [2.24, 2.45) is 0 Å². The van der Waals surface area contributed by atoms with Gasteiger partial charge >= 0.3 is 0 Å². The van der Waals surface area contributed by atoms with Gasteiger partial charge in [-0.2, -0.15) is 0 Å². The van der Waals surface area contributed by atoms with Crippen molar-refractivity contribution in [3.05, 3.63) is 35.9 Å². The fourth-order valence-corrected chi connectivity index (χ4v) is 2.18. The molecule has 2 aromatic rings. The van der Waals surface area contributed by atoms with Gasteiger partial charge in [-0.1, -0.05) is 32.9 Å². The highest BCUT2D eigenvalue weighted by Gasteiger charge is 2.21. The maximum Gasteiger partial charge on any atom is 0.295 e. The van der Waals surface area contributed by atoms with E-state index >= 15 is 0 Å². The number of thioether (sulfide) groups is 1. The number of hydrogen-bond donors (Lipinski definition) is 2. The number of benzene rings is 1. The lowest BCUT2D eigenvalue weighted by atomic mass is 9.96. The van der Waals surface area contributed by atoms with Gasteiger partial charge in [0.05, 0.1) is 5.69 Å². The zero-order chi connectivity index (χ0) is 14.8. The third kappa shape index (κ3) is 3.19. The number of anilines is 1. The molecule has 0 radical (unpaired) electrons. The first-order chi connectivity index (χ1) is 9.41. The number of nitrogens with one attached hydrogen (secondary N) is 2. The summed E-state index contributed by atoms with van der Waals surface area (Å²) in [5, 5.41) is 9.63. The van der Waals surface area contributed by atoms with Crippen molar-refractivity contribution in [3.8, 4) is 0 Å². The lowest BCUT2D eigenvalue weighted by molar-refractivity contribution is 0.101. The molecule has 0 saturated heterocycles. The van der Waals surface area contributed by atoms with Crippen molar-refractivity contribution < 1.29 is 4.79 Å². The number of rotatable bonds is 3. The second-order valence-corrected chi connectivity index (χ2v) is 6.26. The van der Waals surface area contributed by atoms with Crippen molar-refractivity contribution >= 4 is 23.4 Å². The van der Waals surface area contributed by atoms with Crippen molar-refractivity contribution in [2.75, 3.05) is 11.6 Å². The summed E-state index contributed by atoms with van der Waals surface area (Å²) in [5.41, 5.74) is 0.606. The quantitative estimate of drug-likeness (QED) is 0.852. The SMILES string of the molecule is CSc1ccccc1NC(=O)c1n[nH]c(C(C)(C)C)n1. The highest BCUT2D eigenvalue weighted by atomic mass is 32.2.